The van der Waals surface area contributed by atoms with E-state index in [-0.39, 0.29) is 47.0 Å². The van der Waals surface area contributed by atoms with Crippen LogP contribution in [0.2, 0.25) is 0 Å². The van der Waals surface area contributed by atoms with Crippen LogP contribution in [0.15, 0.2) is 41.7 Å². The molecule has 1 N–H and O–H groups in total. The molecule has 7 nitrogen and oxygen atoms in total. The van der Waals surface area contributed by atoms with E-state index in [4.69, 9.17) is 14.2 Å². The number of H-pyrrole nitrogens is 1. The maximum Gasteiger partial charge on any atom is 0.197 e. The van der Waals surface area contributed by atoms with Crippen LogP contribution < -0.4 is 4.74 Å². The molecule has 2 fully saturated rings. The summed E-state index contributed by atoms with van der Waals surface area (Å²) in [5.41, 5.74) is 3.33. The summed E-state index contributed by atoms with van der Waals surface area (Å²) in [6, 6.07) is 9.51. The molecule has 2 aromatic heterocycles. The van der Waals surface area contributed by atoms with Gasteiger partial charge in [-0.2, -0.15) is 0 Å². The molecule has 1 saturated heterocycles. The monoisotopic (exact) mass is 450 g/mol. The van der Waals surface area contributed by atoms with Crippen molar-refractivity contribution in [1.82, 2.24) is 15.0 Å². The topological polar surface area (TPSA) is 86.3 Å². The maximum atomic E-state index is 12.9. The largest absolute Gasteiger partial charge is 0.493 e. The Hall–Kier alpha value is -1.29. The van der Waals surface area contributed by atoms with Gasteiger partial charge in [-0.05, 0) is 31.5 Å². The average molecular weight is 451 g/mol. The molecule has 3 aromatic rings. The van der Waals surface area contributed by atoms with Gasteiger partial charge in [-0.15, -0.1) is 0 Å². The molecule has 1 unspecified atom stereocenters. The smallest absolute Gasteiger partial charge is 0.197 e. The van der Waals surface area contributed by atoms with Crippen LogP contribution in [0, 0.1) is 12.8 Å². The van der Waals surface area contributed by atoms with Crippen LogP contribution in [-0.2, 0) is 26.0 Å². The van der Waals surface area contributed by atoms with E-state index in [0.717, 1.165) is 40.9 Å². The van der Waals surface area contributed by atoms with Crippen molar-refractivity contribution in [3.63, 3.8) is 0 Å². The SMILES string of the molecule is Cc1c(OCC2COC3(CCC3)OC2)ccnc1CS(=O)c1nc2ccccc2[nH]1.[Na]. The van der Waals surface area contributed by atoms with Gasteiger partial charge in [0.15, 0.2) is 10.9 Å². The molecule has 3 heterocycles. The van der Waals surface area contributed by atoms with Crippen molar-refractivity contribution in [1.29, 1.82) is 0 Å². The van der Waals surface area contributed by atoms with Crippen molar-refractivity contribution >= 4 is 51.4 Å². The van der Waals surface area contributed by atoms with E-state index in [1.165, 1.54) is 6.42 Å². The molecule has 1 atom stereocenters. The zero-order valence-corrected chi connectivity index (χ0v) is 20.7. The van der Waals surface area contributed by atoms with Gasteiger partial charge in [0.2, 0.25) is 0 Å². The second-order valence-electron chi connectivity index (χ2n) is 7.99. The number of pyridine rings is 1. The Kier molecular flexibility index (Phi) is 7.15. The molecule has 1 saturated carbocycles. The third kappa shape index (κ3) is 4.89. The molecule has 1 radical (unpaired) electrons. The van der Waals surface area contributed by atoms with Crippen molar-refractivity contribution in [3.05, 3.63) is 47.8 Å². The third-order valence-corrected chi connectivity index (χ3v) is 7.02. The van der Waals surface area contributed by atoms with Gasteiger partial charge >= 0.3 is 0 Å². The fourth-order valence-corrected chi connectivity index (χ4v) is 4.88. The molecule has 0 amide bonds. The van der Waals surface area contributed by atoms with Crippen molar-refractivity contribution < 1.29 is 18.4 Å². The van der Waals surface area contributed by atoms with E-state index in [9.17, 15) is 4.21 Å². The van der Waals surface area contributed by atoms with Crippen molar-refractivity contribution in [2.45, 2.75) is 42.9 Å². The first-order valence-corrected chi connectivity index (χ1v) is 11.6. The Labute approximate surface area is 206 Å². The number of fused-ring (bicyclic) bond motifs is 1. The van der Waals surface area contributed by atoms with Crippen LogP contribution in [0.1, 0.15) is 30.5 Å². The predicted octanol–water partition coefficient (Wildman–Crippen LogP) is 3.12. The maximum absolute atomic E-state index is 12.9. The predicted molar refractivity (Wildman–Crippen MR) is 118 cm³/mol. The number of rotatable bonds is 6. The molecule has 159 valence electrons. The van der Waals surface area contributed by atoms with E-state index in [2.05, 4.69) is 15.0 Å². The van der Waals surface area contributed by atoms with Gasteiger partial charge in [0.05, 0.1) is 53.1 Å². The van der Waals surface area contributed by atoms with Gasteiger partial charge in [0.25, 0.3) is 0 Å². The minimum atomic E-state index is -1.32. The molecule has 2 aliphatic rings. The second-order valence-corrected chi connectivity index (χ2v) is 9.36. The normalized spacial score (nSPS) is 19.0. The van der Waals surface area contributed by atoms with Crippen molar-refractivity contribution in [3.8, 4) is 5.75 Å². The number of benzene rings is 1. The van der Waals surface area contributed by atoms with Crippen LogP contribution in [0.4, 0.5) is 0 Å². The standard InChI is InChI=1S/C22H25N3O4S.Na/c1-15-19(14-30(26)21-24-17-5-2-3-6-18(17)25-21)23-10-7-20(15)27-11-16-12-28-22(29-13-16)8-4-9-22;/h2-3,5-7,10,16H,4,8-9,11-14H2,1H3,(H,24,25);. The molecule has 0 bridgehead atoms. The number of hydrogen-bond acceptors (Lipinski definition) is 6. The number of para-hydroxylation sites is 2. The van der Waals surface area contributed by atoms with Gasteiger partial charge < -0.3 is 19.2 Å². The molecule has 1 aromatic carbocycles. The number of aromatic amines is 1. The number of nitrogens with one attached hydrogen (secondary N) is 1. The number of ether oxygens (including phenoxy) is 3. The van der Waals surface area contributed by atoms with Crippen LogP contribution >= 0.6 is 0 Å². The van der Waals surface area contributed by atoms with E-state index >= 15 is 0 Å². The summed E-state index contributed by atoms with van der Waals surface area (Å²) in [4.78, 5) is 12.0. The minimum Gasteiger partial charge on any atom is -0.493 e. The summed E-state index contributed by atoms with van der Waals surface area (Å²) < 4.78 is 30.7. The first-order valence-electron chi connectivity index (χ1n) is 10.3. The molecule has 5 rings (SSSR count). The molecular weight excluding hydrogens is 425 g/mol. The number of nitrogens with zero attached hydrogens (tertiary/aromatic N) is 2. The van der Waals surface area contributed by atoms with Crippen molar-refractivity contribution in [2.24, 2.45) is 5.92 Å². The van der Waals surface area contributed by atoms with Gasteiger partial charge in [-0.25, -0.2) is 4.98 Å². The van der Waals surface area contributed by atoms with E-state index in [1.54, 1.807) is 6.20 Å². The molecule has 31 heavy (non-hydrogen) atoms. The molecule has 1 spiro atoms. The summed E-state index contributed by atoms with van der Waals surface area (Å²) in [6.45, 7) is 3.79. The fraction of sp³-hybridized carbons (Fsp3) is 0.455. The minimum absolute atomic E-state index is 0. The number of hydrogen-bond donors (Lipinski definition) is 1. The van der Waals surface area contributed by atoms with Gasteiger partial charge in [-0.3, -0.25) is 9.19 Å². The van der Waals surface area contributed by atoms with Crippen molar-refractivity contribution in [2.75, 3.05) is 19.8 Å². The van der Waals surface area contributed by atoms with Gasteiger partial charge in [0, 0.05) is 60.1 Å². The zero-order valence-electron chi connectivity index (χ0n) is 17.9. The second kappa shape index (κ2) is 9.68. The summed E-state index contributed by atoms with van der Waals surface area (Å²) in [5.74, 6) is 0.931. The Morgan fingerprint density at radius 3 is 2.71 bits per heavy atom. The van der Waals surface area contributed by atoms with Crippen LogP contribution in [0.5, 0.6) is 5.75 Å². The number of imidazole rings is 1. The Morgan fingerprint density at radius 1 is 1.23 bits per heavy atom. The quantitative estimate of drug-likeness (QED) is 0.581. The summed E-state index contributed by atoms with van der Waals surface area (Å²) >= 11 is 0. The Morgan fingerprint density at radius 2 is 2.00 bits per heavy atom. The van der Waals surface area contributed by atoms with Crippen LogP contribution in [0.3, 0.4) is 0 Å². The fourth-order valence-electron chi connectivity index (χ4n) is 3.78. The number of aromatic nitrogens is 3. The molecule has 9 heteroatoms. The Balaban J connectivity index is 0.00000231. The first-order chi connectivity index (χ1) is 14.6. The summed E-state index contributed by atoms with van der Waals surface area (Å²) in [6.07, 6.45) is 4.87. The first kappa shape index (κ1) is 22.9. The summed E-state index contributed by atoms with van der Waals surface area (Å²) in [7, 11) is -1.32. The molecule has 1 aliphatic carbocycles. The zero-order chi connectivity index (χ0) is 20.6. The van der Waals surface area contributed by atoms with Gasteiger partial charge in [-0.1, -0.05) is 12.1 Å². The molecular formula is C22H25N3NaO4S. The average Bonchev–Trinajstić information content (AvgIpc) is 3.18. The van der Waals surface area contributed by atoms with E-state index in [1.807, 2.05) is 37.3 Å². The Bertz CT molecular complexity index is 1040. The summed E-state index contributed by atoms with van der Waals surface area (Å²) in [5, 5.41) is 0.463. The molecule has 1 aliphatic heterocycles. The van der Waals surface area contributed by atoms with E-state index in [0.29, 0.717) is 25.0 Å². The van der Waals surface area contributed by atoms with Crippen LogP contribution in [0.25, 0.3) is 11.0 Å². The van der Waals surface area contributed by atoms with Crippen LogP contribution in [-0.4, -0.2) is 74.3 Å². The van der Waals surface area contributed by atoms with E-state index < -0.39 is 10.8 Å². The van der Waals surface area contributed by atoms with Gasteiger partial charge in [0.1, 0.15) is 5.75 Å². The third-order valence-electron chi connectivity index (χ3n) is 5.86.